The van der Waals surface area contributed by atoms with Crippen molar-refractivity contribution in [2.75, 3.05) is 19.6 Å². The molecule has 0 radical (unpaired) electrons. The van der Waals surface area contributed by atoms with E-state index in [0.29, 0.717) is 17.7 Å². The molecule has 1 atom stereocenters. The highest BCUT2D eigenvalue weighted by molar-refractivity contribution is 6.42. The molecule has 0 aromatic heterocycles. The number of rotatable bonds is 5. The zero-order chi connectivity index (χ0) is 29.9. The summed E-state index contributed by atoms with van der Waals surface area (Å²) in [4.78, 5) is 29.1. The Morgan fingerprint density at radius 2 is 1.46 bits per heavy atom. The van der Waals surface area contributed by atoms with Gasteiger partial charge in [-0.3, -0.25) is 9.59 Å². The van der Waals surface area contributed by atoms with Crippen LogP contribution in [0.4, 0.5) is 26.3 Å². The van der Waals surface area contributed by atoms with Crippen LogP contribution in [0.15, 0.2) is 72.8 Å². The van der Waals surface area contributed by atoms with Crippen LogP contribution in [-0.2, 0) is 23.6 Å². The standard InChI is InChI=1S/C29H22Cl2F6N2O2/c30-24-8-6-19(13-25(24)31)12-23-17-38(26(40)9-7-18-4-2-1-3-5-18)10-11-39(23)27(41)20-14-21(28(32,33)34)16-22(15-20)29(35,36)37/h1-9,13-16,23H,10-12,17H2/b9-7+/t23-/m1/s1. The number of benzene rings is 3. The van der Waals surface area contributed by atoms with Crippen LogP contribution in [0, 0.1) is 0 Å². The maximum Gasteiger partial charge on any atom is 0.416 e. The van der Waals surface area contributed by atoms with Crippen LogP contribution in [0.2, 0.25) is 10.0 Å². The Balaban J connectivity index is 1.66. The number of halogens is 8. The number of amides is 2. The SMILES string of the molecule is O=C(/C=C/c1ccccc1)N1CCN(C(=O)c2cc(C(F)(F)F)cc(C(F)(F)F)c2)[C@H](Cc2ccc(Cl)c(Cl)c2)C1. The highest BCUT2D eigenvalue weighted by atomic mass is 35.5. The number of hydrogen-bond acceptors (Lipinski definition) is 2. The highest BCUT2D eigenvalue weighted by Crippen LogP contribution is 2.37. The number of nitrogens with zero attached hydrogens (tertiary/aromatic N) is 2. The summed E-state index contributed by atoms with van der Waals surface area (Å²) in [6, 6.07) is 13.8. The third kappa shape index (κ3) is 7.62. The lowest BCUT2D eigenvalue weighted by atomic mass is 9.99. The second-order valence-corrected chi connectivity index (χ2v) is 10.2. The van der Waals surface area contributed by atoms with Gasteiger partial charge in [-0.2, -0.15) is 26.3 Å². The molecule has 41 heavy (non-hydrogen) atoms. The first kappa shape index (κ1) is 30.5. The predicted molar refractivity (Wildman–Crippen MR) is 143 cm³/mol. The Morgan fingerprint density at radius 3 is 2.05 bits per heavy atom. The van der Waals surface area contributed by atoms with Crippen LogP contribution in [0.1, 0.15) is 32.6 Å². The summed E-state index contributed by atoms with van der Waals surface area (Å²) in [5, 5.41) is 0.503. The van der Waals surface area contributed by atoms with Gasteiger partial charge in [0.15, 0.2) is 0 Å². The molecule has 3 aromatic carbocycles. The molecule has 1 saturated heterocycles. The number of alkyl halides is 6. The van der Waals surface area contributed by atoms with E-state index >= 15 is 0 Å². The molecule has 12 heteroatoms. The van der Waals surface area contributed by atoms with Gasteiger partial charge in [0.25, 0.3) is 5.91 Å². The largest absolute Gasteiger partial charge is 0.416 e. The van der Waals surface area contributed by atoms with Gasteiger partial charge in [0, 0.05) is 31.3 Å². The van der Waals surface area contributed by atoms with Crippen molar-refractivity contribution in [2.24, 2.45) is 0 Å². The quantitative estimate of drug-likeness (QED) is 0.219. The molecule has 1 aliphatic heterocycles. The van der Waals surface area contributed by atoms with Crippen LogP contribution < -0.4 is 0 Å². The fourth-order valence-corrected chi connectivity index (χ4v) is 4.84. The Labute approximate surface area is 241 Å². The summed E-state index contributed by atoms with van der Waals surface area (Å²) in [6.45, 7) is -0.116. The number of piperazine rings is 1. The fourth-order valence-electron chi connectivity index (χ4n) is 4.52. The van der Waals surface area contributed by atoms with Gasteiger partial charge >= 0.3 is 12.4 Å². The molecule has 0 N–H and O–H groups in total. The van der Waals surface area contributed by atoms with Gasteiger partial charge in [-0.25, -0.2) is 0 Å². The van der Waals surface area contributed by atoms with Crippen LogP contribution >= 0.6 is 23.2 Å². The van der Waals surface area contributed by atoms with Crippen molar-refractivity contribution >= 4 is 41.1 Å². The Hall–Kier alpha value is -3.50. The number of carbonyl (C=O) groups is 2. The van der Waals surface area contributed by atoms with E-state index in [4.69, 9.17) is 23.2 Å². The van der Waals surface area contributed by atoms with E-state index < -0.39 is 41.0 Å². The second-order valence-electron chi connectivity index (χ2n) is 9.43. The Bertz CT molecular complexity index is 1430. The topological polar surface area (TPSA) is 40.6 Å². The van der Waals surface area contributed by atoms with Gasteiger partial charge < -0.3 is 9.80 Å². The summed E-state index contributed by atoms with van der Waals surface area (Å²) in [6.07, 6.45) is -7.11. The first-order valence-electron chi connectivity index (χ1n) is 12.3. The molecule has 216 valence electrons. The Morgan fingerprint density at radius 1 is 0.829 bits per heavy atom. The number of hydrogen-bond donors (Lipinski definition) is 0. The van der Waals surface area contributed by atoms with Gasteiger partial charge in [-0.15, -0.1) is 0 Å². The molecule has 0 aliphatic carbocycles. The van der Waals surface area contributed by atoms with Gasteiger partial charge in [0.1, 0.15) is 0 Å². The van der Waals surface area contributed by atoms with E-state index in [1.807, 2.05) is 6.07 Å². The van der Waals surface area contributed by atoms with E-state index in [1.165, 1.54) is 21.9 Å². The van der Waals surface area contributed by atoms with Crippen molar-refractivity contribution in [3.63, 3.8) is 0 Å². The molecule has 4 nitrogen and oxygen atoms in total. The van der Waals surface area contributed by atoms with Crippen molar-refractivity contribution in [2.45, 2.75) is 24.8 Å². The van der Waals surface area contributed by atoms with E-state index in [2.05, 4.69) is 0 Å². The van der Waals surface area contributed by atoms with Crippen molar-refractivity contribution in [3.05, 3.63) is 111 Å². The smallest absolute Gasteiger partial charge is 0.335 e. The molecule has 3 aromatic rings. The van der Waals surface area contributed by atoms with Crippen LogP contribution in [0.5, 0.6) is 0 Å². The van der Waals surface area contributed by atoms with E-state index in [1.54, 1.807) is 42.5 Å². The normalized spacial score (nSPS) is 16.3. The van der Waals surface area contributed by atoms with Crippen LogP contribution in [-0.4, -0.2) is 47.3 Å². The first-order valence-corrected chi connectivity index (χ1v) is 13.0. The summed E-state index contributed by atoms with van der Waals surface area (Å²) in [7, 11) is 0. The van der Waals surface area contributed by atoms with E-state index in [9.17, 15) is 35.9 Å². The molecule has 0 saturated carbocycles. The zero-order valence-corrected chi connectivity index (χ0v) is 22.7. The lowest BCUT2D eigenvalue weighted by Gasteiger charge is -2.41. The minimum Gasteiger partial charge on any atom is -0.335 e. The average molecular weight is 615 g/mol. The summed E-state index contributed by atoms with van der Waals surface area (Å²) in [5.74, 6) is -1.38. The highest BCUT2D eigenvalue weighted by Gasteiger charge is 2.39. The third-order valence-electron chi connectivity index (χ3n) is 6.56. The molecule has 4 rings (SSSR count). The summed E-state index contributed by atoms with van der Waals surface area (Å²) < 4.78 is 80.7. The number of carbonyl (C=O) groups excluding carboxylic acids is 2. The van der Waals surface area contributed by atoms with Crippen molar-refractivity contribution < 1.29 is 35.9 Å². The maximum absolute atomic E-state index is 13.5. The van der Waals surface area contributed by atoms with Gasteiger partial charge in [0.2, 0.25) is 5.91 Å². The second kappa shape index (κ2) is 12.2. The molecular formula is C29H22Cl2F6N2O2. The molecule has 1 aliphatic rings. The Kier molecular flexibility index (Phi) is 9.03. The lowest BCUT2D eigenvalue weighted by Crippen LogP contribution is -2.57. The monoisotopic (exact) mass is 614 g/mol. The minimum absolute atomic E-state index is 0.0188. The first-order chi connectivity index (χ1) is 19.2. The van der Waals surface area contributed by atoms with E-state index in [-0.39, 0.29) is 48.1 Å². The van der Waals surface area contributed by atoms with Gasteiger partial charge in [-0.1, -0.05) is 59.6 Å². The molecular weight excluding hydrogens is 593 g/mol. The van der Waals surface area contributed by atoms with Crippen molar-refractivity contribution in [1.82, 2.24) is 9.80 Å². The van der Waals surface area contributed by atoms with Crippen LogP contribution in [0.25, 0.3) is 6.08 Å². The molecule has 0 unspecified atom stereocenters. The summed E-state index contributed by atoms with van der Waals surface area (Å²) in [5.41, 5.74) is -2.54. The molecule has 0 spiro atoms. The van der Waals surface area contributed by atoms with Crippen molar-refractivity contribution in [1.29, 1.82) is 0 Å². The van der Waals surface area contributed by atoms with E-state index in [0.717, 1.165) is 5.56 Å². The minimum atomic E-state index is -5.11. The predicted octanol–water partition coefficient (Wildman–Crippen LogP) is 7.64. The maximum atomic E-state index is 13.5. The van der Waals surface area contributed by atoms with Crippen molar-refractivity contribution in [3.8, 4) is 0 Å². The van der Waals surface area contributed by atoms with Gasteiger partial charge in [0.05, 0.1) is 27.2 Å². The lowest BCUT2D eigenvalue weighted by molar-refractivity contribution is -0.143. The molecule has 2 amide bonds. The average Bonchev–Trinajstić information content (AvgIpc) is 2.92. The zero-order valence-electron chi connectivity index (χ0n) is 21.1. The molecule has 1 heterocycles. The van der Waals surface area contributed by atoms with Crippen LogP contribution in [0.3, 0.4) is 0 Å². The molecule has 0 bridgehead atoms. The third-order valence-corrected chi connectivity index (χ3v) is 7.30. The fraction of sp³-hybridized carbons (Fsp3) is 0.241. The van der Waals surface area contributed by atoms with Gasteiger partial charge in [-0.05, 0) is 54.0 Å². The summed E-state index contributed by atoms with van der Waals surface area (Å²) >= 11 is 12.1. The molecule has 1 fully saturated rings.